The first kappa shape index (κ1) is 22.3. The molecule has 35 heavy (non-hydrogen) atoms. The fraction of sp³-hybridized carbons (Fsp3) is 0.207. The number of para-hydroxylation sites is 1. The van der Waals surface area contributed by atoms with Crippen molar-refractivity contribution in [2.75, 3.05) is 0 Å². The highest BCUT2D eigenvalue weighted by molar-refractivity contribution is 7.23. The molecule has 6 rings (SSSR count). The van der Waals surface area contributed by atoms with E-state index in [4.69, 9.17) is 14.1 Å². The molecule has 0 fully saturated rings. The lowest BCUT2D eigenvalue weighted by atomic mass is 9.81. The van der Waals surface area contributed by atoms with Crippen LogP contribution in [0, 0.1) is 0 Å². The van der Waals surface area contributed by atoms with Crippen molar-refractivity contribution in [3.05, 3.63) is 72.8 Å². The highest BCUT2D eigenvalue weighted by Crippen LogP contribution is 2.36. The molecule has 0 saturated heterocycles. The zero-order chi connectivity index (χ0) is 24.4. The molecule has 4 nitrogen and oxygen atoms in total. The summed E-state index contributed by atoms with van der Waals surface area (Å²) in [5.74, 6) is 0. The van der Waals surface area contributed by atoms with Crippen LogP contribution in [0.3, 0.4) is 0 Å². The molecule has 0 atom stereocenters. The maximum absolute atomic E-state index is 10.6. The molecule has 4 aromatic carbocycles. The quantitative estimate of drug-likeness (QED) is 0.276. The average Bonchev–Trinajstić information content (AvgIpc) is 3.42. The van der Waals surface area contributed by atoms with Gasteiger partial charge in [0, 0.05) is 21.8 Å². The van der Waals surface area contributed by atoms with Crippen molar-refractivity contribution in [2.45, 2.75) is 38.9 Å². The molecule has 0 aliphatic rings. The Hall–Kier alpha value is -3.19. The van der Waals surface area contributed by atoms with Crippen LogP contribution in [-0.4, -0.2) is 28.8 Å². The van der Waals surface area contributed by atoms with Crippen LogP contribution in [0.2, 0.25) is 0 Å². The van der Waals surface area contributed by atoms with Gasteiger partial charge in [-0.2, -0.15) is 0 Å². The molecular weight excluding hydrogens is 453 g/mol. The zero-order valence-electron chi connectivity index (χ0n) is 20.1. The number of nitrogens with zero attached hydrogens (tertiary/aromatic N) is 1. The third-order valence-corrected chi connectivity index (χ3v) is 8.15. The predicted molar refractivity (Wildman–Crippen MR) is 147 cm³/mol. The molecule has 0 amide bonds. The number of aliphatic hydroxyl groups is 1. The van der Waals surface area contributed by atoms with Gasteiger partial charge in [-0.3, -0.25) is 0 Å². The van der Waals surface area contributed by atoms with Gasteiger partial charge in [0.1, 0.15) is 16.2 Å². The molecule has 2 aromatic heterocycles. The minimum Gasteiger partial charge on any atom is -0.456 e. The molecule has 1 N–H and O–H groups in total. The molecule has 2 heterocycles. The van der Waals surface area contributed by atoms with Crippen molar-refractivity contribution in [1.29, 1.82) is 0 Å². The summed E-state index contributed by atoms with van der Waals surface area (Å²) < 4.78 is 13.5. The second-order valence-corrected chi connectivity index (χ2v) is 11.0. The summed E-state index contributed by atoms with van der Waals surface area (Å²) in [6.45, 7) is 7.27. The number of rotatable bonds is 5. The second-order valence-electron chi connectivity index (χ2n) is 10.00. The fourth-order valence-electron chi connectivity index (χ4n) is 4.17. The maximum Gasteiger partial charge on any atom is 0.336 e. The summed E-state index contributed by atoms with van der Waals surface area (Å²) in [6, 6.07) is 24.9. The van der Waals surface area contributed by atoms with Crippen molar-refractivity contribution in [3.63, 3.8) is 0 Å². The first-order valence-electron chi connectivity index (χ1n) is 11.7. The van der Waals surface area contributed by atoms with Crippen LogP contribution in [0.25, 0.3) is 53.5 Å². The van der Waals surface area contributed by atoms with Gasteiger partial charge in [0.25, 0.3) is 0 Å². The van der Waals surface area contributed by atoms with E-state index in [9.17, 15) is 5.11 Å². The Kier molecular flexibility index (Phi) is 5.04. The largest absolute Gasteiger partial charge is 0.456 e. The molecule has 0 aliphatic carbocycles. The van der Waals surface area contributed by atoms with Gasteiger partial charge in [0.05, 0.1) is 21.4 Å². The maximum atomic E-state index is 10.6. The highest BCUT2D eigenvalue weighted by Gasteiger charge is 2.36. The van der Waals surface area contributed by atoms with E-state index in [2.05, 4.69) is 54.6 Å². The van der Waals surface area contributed by atoms with Crippen LogP contribution in [0.15, 0.2) is 77.2 Å². The van der Waals surface area contributed by atoms with Crippen LogP contribution in [0.5, 0.6) is 0 Å². The smallest absolute Gasteiger partial charge is 0.336 e. The van der Waals surface area contributed by atoms with Gasteiger partial charge in [-0.05, 0) is 56.7 Å². The number of benzene rings is 4. The van der Waals surface area contributed by atoms with Crippen molar-refractivity contribution < 1.29 is 14.2 Å². The Morgan fingerprint density at radius 2 is 1.63 bits per heavy atom. The number of thiazole rings is 1. The zero-order valence-corrected chi connectivity index (χ0v) is 20.9. The van der Waals surface area contributed by atoms with Gasteiger partial charge in [-0.1, -0.05) is 54.6 Å². The SMILES string of the molecule is CC(C)(O)C(C)(C)O[B]c1c2oc3ccccc3c2cc2nc(-c3ccc4ccccc4c3)sc12. The Bertz CT molecular complexity index is 1730. The lowest BCUT2D eigenvalue weighted by Gasteiger charge is -2.37. The second kappa shape index (κ2) is 7.92. The van der Waals surface area contributed by atoms with Crippen molar-refractivity contribution in [2.24, 2.45) is 0 Å². The third kappa shape index (κ3) is 3.73. The monoisotopic (exact) mass is 478 g/mol. The number of fused-ring (bicyclic) bond motifs is 5. The lowest BCUT2D eigenvalue weighted by Crippen LogP contribution is -2.49. The van der Waals surface area contributed by atoms with Gasteiger partial charge in [-0.15, -0.1) is 11.3 Å². The third-order valence-electron chi connectivity index (χ3n) is 7.00. The number of hydrogen-bond acceptors (Lipinski definition) is 5. The summed E-state index contributed by atoms with van der Waals surface area (Å²) in [6.07, 6.45) is 0. The normalized spacial score (nSPS) is 12.8. The summed E-state index contributed by atoms with van der Waals surface area (Å²) in [7, 11) is 1.73. The molecule has 173 valence electrons. The molecule has 0 unspecified atom stereocenters. The number of furan rings is 1. The van der Waals surface area contributed by atoms with Crippen LogP contribution in [0.1, 0.15) is 27.7 Å². The van der Waals surface area contributed by atoms with Crippen LogP contribution in [-0.2, 0) is 4.65 Å². The van der Waals surface area contributed by atoms with E-state index in [-0.39, 0.29) is 0 Å². The Balaban J connectivity index is 1.55. The van der Waals surface area contributed by atoms with E-state index >= 15 is 0 Å². The van der Waals surface area contributed by atoms with Crippen LogP contribution in [0.4, 0.5) is 0 Å². The van der Waals surface area contributed by atoms with Gasteiger partial charge in [-0.25, -0.2) is 4.98 Å². The molecule has 1 radical (unpaired) electrons. The van der Waals surface area contributed by atoms with E-state index in [1.54, 1.807) is 32.7 Å². The molecule has 6 heteroatoms. The molecular formula is C29H25BNO3S. The molecule has 0 bridgehead atoms. The van der Waals surface area contributed by atoms with E-state index in [0.717, 1.165) is 48.2 Å². The summed E-state index contributed by atoms with van der Waals surface area (Å²) in [4.78, 5) is 5.03. The van der Waals surface area contributed by atoms with Crippen LogP contribution >= 0.6 is 11.3 Å². The van der Waals surface area contributed by atoms with Crippen LogP contribution < -0.4 is 5.46 Å². The van der Waals surface area contributed by atoms with Crippen molar-refractivity contribution >= 4 is 67.2 Å². The van der Waals surface area contributed by atoms with E-state index < -0.39 is 11.2 Å². The van der Waals surface area contributed by atoms with Gasteiger partial charge >= 0.3 is 7.48 Å². The molecule has 0 aliphatic heterocycles. The summed E-state index contributed by atoms with van der Waals surface area (Å²) in [5, 5.41) is 16.0. The highest BCUT2D eigenvalue weighted by atomic mass is 32.1. The first-order valence-corrected chi connectivity index (χ1v) is 12.5. The van der Waals surface area contributed by atoms with Gasteiger partial charge < -0.3 is 14.2 Å². The average molecular weight is 478 g/mol. The topological polar surface area (TPSA) is 55.5 Å². The summed E-state index contributed by atoms with van der Waals surface area (Å²) >= 11 is 1.62. The van der Waals surface area contributed by atoms with E-state index in [1.165, 1.54) is 10.8 Å². The fourth-order valence-corrected chi connectivity index (χ4v) is 5.22. The van der Waals surface area contributed by atoms with Crippen molar-refractivity contribution in [1.82, 2.24) is 4.98 Å². The van der Waals surface area contributed by atoms with Crippen molar-refractivity contribution in [3.8, 4) is 10.6 Å². The van der Waals surface area contributed by atoms with Gasteiger partial charge in [0.2, 0.25) is 0 Å². The summed E-state index contributed by atoms with van der Waals surface area (Å²) in [5.41, 5.74) is 2.57. The van der Waals surface area contributed by atoms with E-state index in [0.29, 0.717) is 0 Å². The lowest BCUT2D eigenvalue weighted by molar-refractivity contribution is -0.0892. The van der Waals surface area contributed by atoms with Gasteiger partial charge in [0.15, 0.2) is 0 Å². The predicted octanol–water partition coefficient (Wildman–Crippen LogP) is 6.83. The minimum absolute atomic E-state index is 0.763. The first-order chi connectivity index (χ1) is 16.7. The Morgan fingerprint density at radius 1 is 0.886 bits per heavy atom. The molecule has 6 aromatic rings. The van der Waals surface area contributed by atoms with E-state index in [1.807, 2.05) is 32.0 Å². The number of aromatic nitrogens is 1. The number of hydrogen-bond donors (Lipinski definition) is 1. The standard InChI is InChI=1S/C29H25BNO3S/c1-28(2,32)29(3,4)34-30-24-25-21(20-11-7-8-12-23(20)33-25)16-22-26(24)35-27(31-22)19-14-13-17-9-5-6-10-18(17)15-19/h5-16,32H,1-4H3. The minimum atomic E-state index is -1.03. The molecule has 0 spiro atoms. The Morgan fingerprint density at radius 3 is 2.43 bits per heavy atom. The Labute approximate surface area is 208 Å². The molecule has 0 saturated carbocycles.